The number of halogens is 3. The van der Waals surface area contributed by atoms with Crippen molar-refractivity contribution in [1.29, 1.82) is 0 Å². The number of ether oxygens (including phenoxy) is 1. The van der Waals surface area contributed by atoms with Gasteiger partial charge in [0.2, 0.25) is 0 Å². The fraction of sp³-hybridized carbons (Fsp3) is 0.333. The molecule has 0 aromatic carbocycles. The highest BCUT2D eigenvalue weighted by atomic mass is 127. The largest absolute Gasteiger partial charge is 0.394 e. The van der Waals surface area contributed by atoms with E-state index in [-0.39, 0.29) is 17.7 Å². The molecule has 1 aromatic rings. The van der Waals surface area contributed by atoms with E-state index in [2.05, 4.69) is 4.98 Å². The Bertz CT molecular complexity index is 647. The van der Waals surface area contributed by atoms with Crippen LogP contribution in [0.1, 0.15) is 11.8 Å². The number of aliphatic hydroxyl groups excluding tert-OH is 1. The van der Waals surface area contributed by atoms with Crippen LogP contribution in [0.15, 0.2) is 27.0 Å². The lowest BCUT2D eigenvalue weighted by atomic mass is 10.1. The molecule has 114 valence electrons. The maximum atomic E-state index is 13.9. The number of anilines is 1. The number of alkyl halides is 1. The number of rotatable bonds is 3. The van der Waals surface area contributed by atoms with Crippen LogP contribution in [0, 0.1) is 0 Å². The summed E-state index contributed by atoms with van der Waals surface area (Å²) in [5.41, 5.74) is 4.83. The highest BCUT2D eigenvalue weighted by Gasteiger charge is 2.41. The Morgan fingerprint density at radius 3 is 2.90 bits per heavy atom. The lowest BCUT2D eigenvalue weighted by Crippen LogP contribution is -2.29. The second-order valence-corrected chi connectivity index (χ2v) is 5.00. The zero-order valence-electron chi connectivity index (χ0n) is 10.6. The molecule has 0 aliphatic carbocycles. The van der Waals surface area contributed by atoms with Crippen molar-refractivity contribution in [3.63, 3.8) is 0 Å². The number of aromatic nitrogens is 2. The first kappa shape index (κ1) is 16.0. The molecule has 0 radical (unpaired) electrons. The van der Waals surface area contributed by atoms with E-state index in [1.165, 1.54) is 6.20 Å². The maximum Gasteiger partial charge on any atom is 0.351 e. The molecule has 1 saturated heterocycles. The summed E-state index contributed by atoms with van der Waals surface area (Å²) in [5.74, 6) is 0.00319. The van der Waals surface area contributed by atoms with E-state index in [4.69, 9.17) is 15.6 Å². The molecule has 6 nitrogen and oxygen atoms in total. The van der Waals surface area contributed by atoms with Gasteiger partial charge in [-0.1, -0.05) is 22.6 Å². The number of nitrogens with two attached hydrogens (primary N) is 1. The predicted molar refractivity (Wildman–Crippen MR) is 81.0 cm³/mol. The second kappa shape index (κ2) is 6.62. The average Bonchev–Trinajstić information content (AvgIpc) is 2.78. The zero-order valence-corrected chi connectivity index (χ0v) is 12.8. The Morgan fingerprint density at radius 1 is 1.62 bits per heavy atom. The van der Waals surface area contributed by atoms with E-state index in [9.17, 15) is 13.6 Å². The summed E-state index contributed by atoms with van der Waals surface area (Å²) in [4.78, 5) is 15.5. The van der Waals surface area contributed by atoms with Crippen LogP contribution in [0.25, 0.3) is 6.08 Å². The fourth-order valence-corrected chi connectivity index (χ4v) is 2.39. The standard InChI is InChI=1S/C12H12F2IN3O3/c13-3-7-9(14)8(5-19)21-11(7)18-4-6(1-2-15)10(16)17-12(18)20/h1-4,8-9,11,19H,5H2,(H2,16,17,20). The molecular weight excluding hydrogens is 399 g/mol. The minimum absolute atomic E-state index is 0.00319. The van der Waals surface area contributed by atoms with Crippen LogP contribution in [0.5, 0.6) is 0 Å². The van der Waals surface area contributed by atoms with Crippen molar-refractivity contribution in [1.82, 2.24) is 9.55 Å². The highest BCUT2D eigenvalue weighted by Crippen LogP contribution is 2.35. The summed E-state index contributed by atoms with van der Waals surface area (Å²) in [6.07, 6.45) is -1.43. The maximum absolute atomic E-state index is 13.9. The summed E-state index contributed by atoms with van der Waals surface area (Å²) in [6, 6.07) is 0. The Balaban J connectivity index is 2.51. The third-order valence-electron chi connectivity index (χ3n) is 3.05. The van der Waals surface area contributed by atoms with Gasteiger partial charge >= 0.3 is 5.69 Å². The van der Waals surface area contributed by atoms with Gasteiger partial charge < -0.3 is 15.6 Å². The Kier molecular flexibility index (Phi) is 5.06. The van der Waals surface area contributed by atoms with Crippen LogP contribution >= 0.6 is 22.6 Å². The van der Waals surface area contributed by atoms with Crippen LogP contribution in [0.4, 0.5) is 14.6 Å². The highest BCUT2D eigenvalue weighted by molar-refractivity contribution is 14.1. The molecule has 3 N–H and O–H groups in total. The van der Waals surface area contributed by atoms with Crippen molar-refractivity contribution in [2.24, 2.45) is 0 Å². The molecule has 1 fully saturated rings. The Morgan fingerprint density at radius 2 is 2.33 bits per heavy atom. The number of nitrogens with zero attached hydrogens (tertiary/aromatic N) is 2. The Hall–Kier alpha value is -1.33. The topological polar surface area (TPSA) is 90.4 Å². The van der Waals surface area contributed by atoms with Gasteiger partial charge in [0, 0.05) is 17.3 Å². The number of aliphatic hydroxyl groups is 1. The molecule has 9 heteroatoms. The van der Waals surface area contributed by atoms with Gasteiger partial charge in [0.1, 0.15) is 11.9 Å². The Labute approximate surface area is 132 Å². The minimum atomic E-state index is -1.84. The SMILES string of the molecule is Nc1nc(=O)n(C2OC(CO)C(F)C2=CF)cc1C=CI. The quantitative estimate of drug-likeness (QED) is 0.733. The van der Waals surface area contributed by atoms with Crippen molar-refractivity contribution < 1.29 is 18.6 Å². The van der Waals surface area contributed by atoms with E-state index < -0.39 is 30.8 Å². The molecule has 1 aromatic heterocycles. The first-order valence-corrected chi connectivity index (χ1v) is 7.14. The third-order valence-corrected chi connectivity index (χ3v) is 3.41. The summed E-state index contributed by atoms with van der Waals surface area (Å²) < 4.78 is 34.6. The average molecular weight is 411 g/mol. The molecule has 0 bridgehead atoms. The summed E-state index contributed by atoms with van der Waals surface area (Å²) >= 11 is 1.95. The molecule has 21 heavy (non-hydrogen) atoms. The molecule has 2 rings (SSSR count). The number of nitrogen functional groups attached to an aromatic ring is 1. The smallest absolute Gasteiger partial charge is 0.351 e. The van der Waals surface area contributed by atoms with Gasteiger partial charge in [0.15, 0.2) is 12.4 Å². The molecule has 3 atom stereocenters. The third kappa shape index (κ3) is 2.99. The van der Waals surface area contributed by atoms with Crippen molar-refractivity contribution in [2.45, 2.75) is 18.5 Å². The molecular formula is C12H12F2IN3O3. The molecule has 0 saturated carbocycles. The first-order valence-electron chi connectivity index (χ1n) is 5.89. The van der Waals surface area contributed by atoms with Crippen molar-refractivity contribution in [2.75, 3.05) is 12.3 Å². The van der Waals surface area contributed by atoms with Gasteiger partial charge in [-0.2, -0.15) is 4.98 Å². The molecule has 0 amide bonds. The molecule has 3 unspecified atom stereocenters. The monoisotopic (exact) mass is 411 g/mol. The van der Waals surface area contributed by atoms with Gasteiger partial charge in [-0.25, -0.2) is 13.6 Å². The van der Waals surface area contributed by atoms with Crippen LogP contribution < -0.4 is 11.4 Å². The van der Waals surface area contributed by atoms with Crippen molar-refractivity contribution in [3.05, 3.63) is 38.2 Å². The lowest BCUT2D eigenvalue weighted by Gasteiger charge is -2.15. The van der Waals surface area contributed by atoms with Gasteiger partial charge in [0.05, 0.1) is 12.9 Å². The summed E-state index contributed by atoms with van der Waals surface area (Å²) in [5, 5.41) is 9.02. The zero-order chi connectivity index (χ0) is 15.6. The summed E-state index contributed by atoms with van der Waals surface area (Å²) in [7, 11) is 0. The predicted octanol–water partition coefficient (Wildman–Crippen LogP) is 1.31. The van der Waals surface area contributed by atoms with Gasteiger partial charge in [-0.15, -0.1) is 0 Å². The van der Waals surface area contributed by atoms with E-state index >= 15 is 0 Å². The van der Waals surface area contributed by atoms with Crippen molar-refractivity contribution in [3.8, 4) is 0 Å². The molecule has 1 aliphatic rings. The van der Waals surface area contributed by atoms with E-state index in [1.54, 1.807) is 10.2 Å². The summed E-state index contributed by atoms with van der Waals surface area (Å²) in [6.45, 7) is -0.632. The molecule has 2 heterocycles. The van der Waals surface area contributed by atoms with E-state index in [0.29, 0.717) is 5.56 Å². The van der Waals surface area contributed by atoms with Gasteiger partial charge in [0.25, 0.3) is 0 Å². The normalized spacial score (nSPS) is 27.8. The van der Waals surface area contributed by atoms with Gasteiger partial charge in [-0.3, -0.25) is 4.57 Å². The number of hydrogen-bond donors (Lipinski definition) is 2. The van der Waals surface area contributed by atoms with Crippen LogP contribution in [-0.4, -0.2) is 33.5 Å². The van der Waals surface area contributed by atoms with Crippen LogP contribution in [-0.2, 0) is 4.74 Å². The minimum Gasteiger partial charge on any atom is -0.394 e. The second-order valence-electron chi connectivity index (χ2n) is 4.28. The first-order chi connectivity index (χ1) is 10.0. The van der Waals surface area contributed by atoms with Crippen LogP contribution in [0.3, 0.4) is 0 Å². The number of hydrogen-bond acceptors (Lipinski definition) is 5. The molecule has 1 aliphatic heterocycles. The lowest BCUT2D eigenvalue weighted by molar-refractivity contribution is -0.0322. The van der Waals surface area contributed by atoms with Crippen LogP contribution in [0.2, 0.25) is 0 Å². The fourth-order valence-electron chi connectivity index (χ4n) is 2.00. The van der Waals surface area contributed by atoms with Gasteiger partial charge in [-0.05, 0) is 10.2 Å². The van der Waals surface area contributed by atoms with E-state index in [0.717, 1.165) is 4.57 Å². The van der Waals surface area contributed by atoms with Crippen molar-refractivity contribution >= 4 is 34.5 Å². The van der Waals surface area contributed by atoms with E-state index in [1.807, 2.05) is 22.6 Å². The molecule has 0 spiro atoms.